The highest BCUT2D eigenvalue weighted by atomic mass is 32.2. The summed E-state index contributed by atoms with van der Waals surface area (Å²) in [6.07, 6.45) is 0. The van der Waals surface area contributed by atoms with Crippen LogP contribution in [0.15, 0.2) is 70.8 Å². The fourth-order valence-corrected chi connectivity index (χ4v) is 3.49. The summed E-state index contributed by atoms with van der Waals surface area (Å²) in [4.78, 5) is 0. The highest BCUT2D eigenvalue weighted by Gasteiger charge is 2.17. The smallest absolute Gasteiger partial charge is 0.202 e. The number of nitrogens with zero attached hydrogens (tertiary/aromatic N) is 6. The van der Waals surface area contributed by atoms with Crippen LogP contribution in [0.3, 0.4) is 0 Å². The molecule has 2 aromatic heterocycles. The van der Waals surface area contributed by atoms with Crippen molar-refractivity contribution < 1.29 is 4.74 Å². The number of benzene rings is 2. The van der Waals surface area contributed by atoms with Crippen molar-refractivity contribution in [2.45, 2.75) is 17.1 Å². The van der Waals surface area contributed by atoms with Crippen LogP contribution in [0.25, 0.3) is 17.1 Å². The molecule has 2 aromatic carbocycles. The highest BCUT2D eigenvalue weighted by Crippen LogP contribution is 2.32. The van der Waals surface area contributed by atoms with Gasteiger partial charge >= 0.3 is 0 Å². The monoisotopic (exact) mass is 400 g/mol. The van der Waals surface area contributed by atoms with Gasteiger partial charge in [-0.1, -0.05) is 17.7 Å². The Labute approximate surface area is 172 Å². The van der Waals surface area contributed by atoms with E-state index in [9.17, 15) is 0 Å². The molecule has 0 aliphatic heterocycles. The maximum atomic E-state index is 8.91. The zero-order valence-electron chi connectivity index (χ0n) is 15.8. The maximum Gasteiger partial charge on any atom is 0.202 e. The number of hydrogen-bond donors (Lipinski definition) is 0. The van der Waals surface area contributed by atoms with E-state index in [-0.39, 0.29) is 5.69 Å². The number of rotatable bonds is 5. The minimum Gasteiger partial charge on any atom is -0.497 e. The summed E-state index contributed by atoms with van der Waals surface area (Å²) < 4.78 is 7.23. The molecule has 0 unspecified atom stereocenters. The van der Waals surface area contributed by atoms with Crippen molar-refractivity contribution in [1.82, 2.24) is 25.0 Å². The second kappa shape index (κ2) is 8.12. The van der Waals surface area contributed by atoms with Crippen molar-refractivity contribution in [2.75, 3.05) is 7.11 Å². The molecular formula is C21H16N6OS. The number of hydrogen-bond acceptors (Lipinski definition) is 7. The second-order valence-corrected chi connectivity index (χ2v) is 7.16. The van der Waals surface area contributed by atoms with E-state index in [1.54, 1.807) is 19.2 Å². The second-order valence-electron chi connectivity index (χ2n) is 6.18. The number of methoxy groups -OCH3 is 1. The summed E-state index contributed by atoms with van der Waals surface area (Å²) in [7, 11) is 1.64. The molecular weight excluding hydrogens is 384 g/mol. The van der Waals surface area contributed by atoms with Gasteiger partial charge in [0.05, 0.1) is 7.11 Å². The van der Waals surface area contributed by atoms with Gasteiger partial charge in [0.15, 0.2) is 11.5 Å². The largest absolute Gasteiger partial charge is 0.497 e. The van der Waals surface area contributed by atoms with Crippen LogP contribution >= 0.6 is 11.8 Å². The summed E-state index contributed by atoms with van der Waals surface area (Å²) in [6, 6.07) is 21.2. The average molecular weight is 400 g/mol. The molecule has 4 rings (SSSR count). The Morgan fingerprint density at radius 2 is 1.66 bits per heavy atom. The van der Waals surface area contributed by atoms with Crippen LogP contribution in [0.5, 0.6) is 5.75 Å². The van der Waals surface area contributed by atoms with Gasteiger partial charge in [-0.3, -0.25) is 4.57 Å². The number of ether oxygens (including phenoxy) is 1. The molecule has 0 spiro atoms. The molecule has 0 radical (unpaired) electrons. The lowest BCUT2D eigenvalue weighted by atomic mass is 10.2. The molecule has 2 heterocycles. The molecule has 7 nitrogen and oxygen atoms in total. The molecule has 0 N–H and O–H groups in total. The predicted molar refractivity (Wildman–Crippen MR) is 109 cm³/mol. The lowest BCUT2D eigenvalue weighted by molar-refractivity contribution is 0.415. The molecule has 0 fully saturated rings. The number of nitriles is 1. The molecule has 4 aromatic rings. The summed E-state index contributed by atoms with van der Waals surface area (Å²) in [5.41, 5.74) is 3.29. The fraction of sp³-hybridized carbons (Fsp3) is 0.0952. The lowest BCUT2D eigenvalue weighted by Gasteiger charge is -2.11. The van der Waals surface area contributed by atoms with Crippen LogP contribution in [0, 0.1) is 18.3 Å². The Bertz CT molecular complexity index is 1160. The Kier molecular flexibility index (Phi) is 5.22. The molecule has 0 saturated carbocycles. The van der Waals surface area contributed by atoms with E-state index in [0.29, 0.717) is 16.0 Å². The van der Waals surface area contributed by atoms with Crippen molar-refractivity contribution >= 4 is 11.8 Å². The number of aryl methyl sites for hydroxylation is 1. The SMILES string of the molecule is COc1ccc(-c2nnc(Sc3ccc(C#N)nn3)n2-c2ccc(C)cc2)cc1. The predicted octanol–water partition coefficient (Wildman–Crippen LogP) is 4.06. The summed E-state index contributed by atoms with van der Waals surface area (Å²) in [5, 5.41) is 27.0. The zero-order chi connectivity index (χ0) is 20.2. The van der Waals surface area contributed by atoms with Gasteiger partial charge in [-0.05, 0) is 67.2 Å². The van der Waals surface area contributed by atoms with Gasteiger partial charge in [-0.2, -0.15) is 5.26 Å². The zero-order valence-corrected chi connectivity index (χ0v) is 16.6. The van der Waals surface area contributed by atoms with E-state index >= 15 is 0 Å². The third-order valence-electron chi connectivity index (χ3n) is 4.22. The molecule has 0 atom stereocenters. The summed E-state index contributed by atoms with van der Waals surface area (Å²) in [5.74, 6) is 1.48. The van der Waals surface area contributed by atoms with Crippen molar-refractivity contribution in [2.24, 2.45) is 0 Å². The van der Waals surface area contributed by atoms with Crippen LogP contribution in [0.4, 0.5) is 0 Å². The molecule has 0 aliphatic carbocycles. The molecule has 0 bridgehead atoms. The molecule has 0 aliphatic rings. The first-order valence-electron chi connectivity index (χ1n) is 8.76. The van der Waals surface area contributed by atoms with Crippen LogP contribution in [0.2, 0.25) is 0 Å². The van der Waals surface area contributed by atoms with E-state index in [1.807, 2.05) is 66.1 Å². The molecule has 29 heavy (non-hydrogen) atoms. The first-order chi connectivity index (χ1) is 14.2. The Morgan fingerprint density at radius 1 is 0.897 bits per heavy atom. The van der Waals surface area contributed by atoms with Gasteiger partial charge in [-0.25, -0.2) is 0 Å². The Morgan fingerprint density at radius 3 is 2.28 bits per heavy atom. The Balaban J connectivity index is 1.79. The van der Waals surface area contributed by atoms with Gasteiger partial charge in [0, 0.05) is 11.3 Å². The van der Waals surface area contributed by atoms with Gasteiger partial charge in [0.25, 0.3) is 0 Å². The van der Waals surface area contributed by atoms with E-state index in [1.165, 1.54) is 17.3 Å². The number of aromatic nitrogens is 5. The van der Waals surface area contributed by atoms with Crippen molar-refractivity contribution in [3.63, 3.8) is 0 Å². The van der Waals surface area contributed by atoms with Crippen LogP contribution < -0.4 is 4.74 Å². The quantitative estimate of drug-likeness (QED) is 0.499. The lowest BCUT2D eigenvalue weighted by Crippen LogP contribution is -2.00. The van der Waals surface area contributed by atoms with E-state index in [2.05, 4.69) is 20.4 Å². The van der Waals surface area contributed by atoms with Gasteiger partial charge < -0.3 is 4.74 Å². The normalized spacial score (nSPS) is 10.5. The molecule has 0 amide bonds. The third kappa shape index (κ3) is 3.95. The van der Waals surface area contributed by atoms with Crippen molar-refractivity contribution in [3.05, 3.63) is 71.9 Å². The van der Waals surface area contributed by atoms with E-state index < -0.39 is 0 Å². The van der Waals surface area contributed by atoms with Crippen LogP contribution in [-0.4, -0.2) is 32.1 Å². The van der Waals surface area contributed by atoms with Gasteiger partial charge in [0.1, 0.15) is 16.8 Å². The average Bonchev–Trinajstić information content (AvgIpc) is 3.18. The minimum absolute atomic E-state index is 0.272. The van der Waals surface area contributed by atoms with E-state index in [0.717, 1.165) is 17.0 Å². The highest BCUT2D eigenvalue weighted by molar-refractivity contribution is 7.99. The minimum atomic E-state index is 0.272. The standard InChI is InChI=1S/C21H16N6OS/c1-14-3-8-17(9-4-14)27-20(15-5-10-18(28-2)11-6-15)25-26-21(27)29-19-12-7-16(13-22)23-24-19/h3-12H,1-2H3. The first-order valence-corrected chi connectivity index (χ1v) is 9.58. The van der Waals surface area contributed by atoms with Crippen molar-refractivity contribution in [3.8, 4) is 28.9 Å². The Hall–Kier alpha value is -3.70. The molecule has 8 heteroatoms. The third-order valence-corrected chi connectivity index (χ3v) is 5.10. The van der Waals surface area contributed by atoms with Crippen LogP contribution in [-0.2, 0) is 0 Å². The first kappa shape index (κ1) is 18.7. The summed E-state index contributed by atoms with van der Waals surface area (Å²) in [6.45, 7) is 2.04. The van der Waals surface area contributed by atoms with Crippen LogP contribution in [0.1, 0.15) is 11.3 Å². The van der Waals surface area contributed by atoms with Gasteiger partial charge in [-0.15, -0.1) is 20.4 Å². The van der Waals surface area contributed by atoms with Gasteiger partial charge in [0.2, 0.25) is 5.16 Å². The fourth-order valence-electron chi connectivity index (χ4n) is 2.72. The topological polar surface area (TPSA) is 89.5 Å². The maximum absolute atomic E-state index is 8.91. The molecule has 142 valence electrons. The van der Waals surface area contributed by atoms with E-state index in [4.69, 9.17) is 10.00 Å². The molecule has 0 saturated heterocycles. The van der Waals surface area contributed by atoms with Crippen molar-refractivity contribution in [1.29, 1.82) is 5.26 Å². The summed E-state index contributed by atoms with van der Waals surface area (Å²) >= 11 is 1.34.